The summed E-state index contributed by atoms with van der Waals surface area (Å²) in [5, 5.41) is 8.90. The molecular weight excluding hydrogens is 377 g/mol. The van der Waals surface area contributed by atoms with Crippen LogP contribution in [0.4, 0.5) is 13.2 Å². The number of hydrogen-bond donors (Lipinski definition) is 1. The van der Waals surface area contributed by atoms with E-state index in [0.717, 1.165) is 0 Å². The minimum Gasteiger partial charge on any atom is -0.478 e. The second-order valence-corrected chi connectivity index (χ2v) is 8.67. The van der Waals surface area contributed by atoms with E-state index in [1.807, 2.05) is 0 Å². The summed E-state index contributed by atoms with van der Waals surface area (Å²) in [4.78, 5) is 21.8. The Hall–Kier alpha value is -2.10. The average Bonchev–Trinajstić information content (AvgIpc) is 2.43. The number of carboxylic acid groups (broad SMARTS) is 1. The minimum absolute atomic E-state index is 0.171. The molecule has 0 aromatic heterocycles. The van der Waals surface area contributed by atoms with Crippen LogP contribution in [-0.4, -0.2) is 36.8 Å². The topological polar surface area (TPSA) is 97.7 Å². The van der Waals surface area contributed by atoms with Crippen LogP contribution < -0.4 is 0 Å². The van der Waals surface area contributed by atoms with E-state index >= 15 is 0 Å². The van der Waals surface area contributed by atoms with Crippen molar-refractivity contribution in [3.8, 4) is 0 Å². The summed E-state index contributed by atoms with van der Waals surface area (Å²) < 4.78 is 68.1. The normalized spacial score (nSPS) is 12.7. The number of hydrogen-bond acceptors (Lipinski definition) is 5. The van der Waals surface area contributed by atoms with Gasteiger partial charge < -0.3 is 9.84 Å². The first-order valence-corrected chi connectivity index (χ1v) is 9.17. The van der Waals surface area contributed by atoms with Gasteiger partial charge in [-0.1, -0.05) is 0 Å². The molecule has 10 heteroatoms. The van der Waals surface area contributed by atoms with Crippen LogP contribution in [0.25, 0.3) is 0 Å². The first-order valence-electron chi connectivity index (χ1n) is 7.52. The fourth-order valence-electron chi connectivity index (χ4n) is 1.98. The van der Waals surface area contributed by atoms with E-state index in [9.17, 15) is 31.2 Å². The second-order valence-electron chi connectivity index (χ2n) is 6.56. The number of carbonyl (C=O) groups is 2. The Balaban J connectivity index is 3.00. The molecule has 0 amide bonds. The van der Waals surface area contributed by atoms with Crippen molar-refractivity contribution < 1.29 is 41.0 Å². The molecular formula is C16H19F3O6S. The lowest BCUT2D eigenvalue weighted by Gasteiger charge is -2.19. The van der Waals surface area contributed by atoms with E-state index in [-0.39, 0.29) is 12.8 Å². The highest BCUT2D eigenvalue weighted by Gasteiger charge is 2.33. The molecule has 0 bridgehead atoms. The molecule has 0 aliphatic rings. The molecule has 0 spiro atoms. The lowest BCUT2D eigenvalue weighted by molar-refractivity contribution is -0.154. The van der Waals surface area contributed by atoms with Crippen molar-refractivity contribution in [2.45, 2.75) is 50.3 Å². The molecule has 6 nitrogen and oxygen atoms in total. The maximum Gasteiger partial charge on any atom is 0.416 e. The number of alkyl halides is 3. The summed E-state index contributed by atoms with van der Waals surface area (Å²) >= 11 is 0. The van der Waals surface area contributed by atoms with Crippen molar-refractivity contribution in [3.05, 3.63) is 29.3 Å². The van der Waals surface area contributed by atoms with E-state index in [1.54, 1.807) is 20.8 Å². The van der Waals surface area contributed by atoms with Crippen LogP contribution in [0.1, 0.15) is 49.5 Å². The van der Waals surface area contributed by atoms with Gasteiger partial charge in [0.2, 0.25) is 0 Å². The molecule has 0 saturated heterocycles. The molecule has 0 heterocycles. The van der Waals surface area contributed by atoms with Crippen molar-refractivity contribution >= 4 is 21.8 Å². The van der Waals surface area contributed by atoms with Crippen molar-refractivity contribution in [3.63, 3.8) is 0 Å². The first-order chi connectivity index (χ1) is 11.6. The Bertz CT molecular complexity index is 791. The molecule has 0 aliphatic carbocycles. The summed E-state index contributed by atoms with van der Waals surface area (Å²) in [6.07, 6.45) is -5.30. The van der Waals surface area contributed by atoms with E-state index in [4.69, 9.17) is 9.84 Å². The Morgan fingerprint density at radius 3 is 2.15 bits per heavy atom. The summed E-state index contributed by atoms with van der Waals surface area (Å²) in [6.45, 7) is 4.91. The fraction of sp³-hybridized carbons (Fsp3) is 0.500. The average molecular weight is 396 g/mol. The lowest BCUT2D eigenvalue weighted by atomic mass is 10.1. The standard InChI is InChI=1S/C16H19F3O6S/c1-15(2,3)25-13(20)5-4-6-26(23,24)12-8-10(14(21)22)7-11(9-12)16(17,18)19/h7-9H,4-6H2,1-3H3,(H,21,22). The summed E-state index contributed by atoms with van der Waals surface area (Å²) in [5.74, 6) is -2.93. The molecule has 0 radical (unpaired) electrons. The molecule has 0 unspecified atom stereocenters. The van der Waals surface area contributed by atoms with Crippen LogP contribution in [0.15, 0.2) is 23.1 Å². The van der Waals surface area contributed by atoms with Gasteiger partial charge in [0.15, 0.2) is 9.84 Å². The van der Waals surface area contributed by atoms with Crippen LogP contribution in [0.2, 0.25) is 0 Å². The van der Waals surface area contributed by atoms with Crippen LogP contribution in [0.5, 0.6) is 0 Å². The number of carboxylic acids is 1. The van der Waals surface area contributed by atoms with Crippen LogP contribution in [0.3, 0.4) is 0 Å². The van der Waals surface area contributed by atoms with E-state index in [2.05, 4.69) is 0 Å². The Kier molecular flexibility index (Phi) is 6.45. The molecule has 0 fully saturated rings. The molecule has 0 aliphatic heterocycles. The Morgan fingerprint density at radius 1 is 1.12 bits per heavy atom. The maximum absolute atomic E-state index is 12.9. The molecule has 146 valence electrons. The third-order valence-electron chi connectivity index (χ3n) is 3.05. The second kappa shape index (κ2) is 7.65. The van der Waals surface area contributed by atoms with E-state index in [1.165, 1.54) is 0 Å². The smallest absolute Gasteiger partial charge is 0.416 e. The number of esters is 1. The quantitative estimate of drug-likeness (QED) is 0.741. The highest BCUT2D eigenvalue weighted by atomic mass is 32.2. The van der Waals surface area contributed by atoms with Gasteiger partial charge in [0, 0.05) is 6.42 Å². The third-order valence-corrected chi connectivity index (χ3v) is 4.83. The highest BCUT2D eigenvalue weighted by molar-refractivity contribution is 7.91. The van der Waals surface area contributed by atoms with E-state index < -0.39 is 55.3 Å². The van der Waals surface area contributed by atoms with Crippen molar-refractivity contribution in [1.82, 2.24) is 0 Å². The van der Waals surface area contributed by atoms with Gasteiger partial charge >= 0.3 is 18.1 Å². The largest absolute Gasteiger partial charge is 0.478 e. The van der Waals surface area contributed by atoms with Gasteiger partial charge in [0.1, 0.15) is 5.60 Å². The van der Waals surface area contributed by atoms with Crippen LogP contribution in [-0.2, 0) is 25.5 Å². The number of benzene rings is 1. The van der Waals surface area contributed by atoms with Gasteiger partial charge in [-0.25, -0.2) is 13.2 Å². The summed E-state index contributed by atoms with van der Waals surface area (Å²) in [7, 11) is -4.21. The highest BCUT2D eigenvalue weighted by Crippen LogP contribution is 2.32. The molecule has 0 atom stereocenters. The summed E-state index contributed by atoms with van der Waals surface area (Å²) in [5.41, 5.74) is -2.90. The van der Waals surface area contributed by atoms with Crippen molar-refractivity contribution in [2.75, 3.05) is 5.75 Å². The molecule has 1 N–H and O–H groups in total. The van der Waals surface area contributed by atoms with Gasteiger partial charge in [0.05, 0.1) is 21.8 Å². The maximum atomic E-state index is 12.9. The first kappa shape index (κ1) is 21.9. The fourth-order valence-corrected chi connectivity index (χ4v) is 3.36. The van der Waals surface area contributed by atoms with Gasteiger partial charge in [-0.3, -0.25) is 4.79 Å². The molecule has 1 aromatic rings. The number of rotatable bonds is 6. The van der Waals surface area contributed by atoms with Crippen molar-refractivity contribution in [1.29, 1.82) is 0 Å². The number of sulfone groups is 1. The van der Waals surface area contributed by atoms with Gasteiger partial charge in [-0.2, -0.15) is 13.2 Å². The predicted octanol–water partition coefficient (Wildman–Crippen LogP) is 3.30. The molecule has 1 rings (SSSR count). The van der Waals surface area contributed by atoms with Gasteiger partial charge in [-0.05, 0) is 45.4 Å². The number of carbonyl (C=O) groups excluding carboxylic acids is 1. The third kappa shape index (κ3) is 6.66. The van der Waals surface area contributed by atoms with Gasteiger partial charge in [-0.15, -0.1) is 0 Å². The predicted molar refractivity (Wildman–Crippen MR) is 85.5 cm³/mol. The zero-order valence-corrected chi connectivity index (χ0v) is 15.2. The number of ether oxygens (including phenoxy) is 1. The Morgan fingerprint density at radius 2 is 1.69 bits per heavy atom. The minimum atomic E-state index is -4.90. The molecule has 26 heavy (non-hydrogen) atoms. The SMILES string of the molecule is CC(C)(C)OC(=O)CCCS(=O)(=O)c1cc(C(=O)O)cc(C(F)(F)F)c1. The van der Waals surface area contributed by atoms with Crippen LogP contribution >= 0.6 is 0 Å². The number of halogens is 3. The zero-order valence-electron chi connectivity index (χ0n) is 14.4. The van der Waals surface area contributed by atoms with E-state index in [0.29, 0.717) is 18.2 Å². The molecule has 0 saturated carbocycles. The summed E-state index contributed by atoms with van der Waals surface area (Å²) in [6, 6.07) is 1.41. The molecule has 1 aromatic carbocycles. The lowest BCUT2D eigenvalue weighted by Crippen LogP contribution is -2.24. The van der Waals surface area contributed by atoms with Gasteiger partial charge in [0.25, 0.3) is 0 Å². The number of aromatic carboxylic acids is 1. The van der Waals surface area contributed by atoms with Crippen LogP contribution in [0, 0.1) is 0 Å². The Labute approximate surface area is 148 Å². The zero-order chi connectivity index (χ0) is 20.3. The van der Waals surface area contributed by atoms with Crippen molar-refractivity contribution in [2.24, 2.45) is 0 Å². The monoisotopic (exact) mass is 396 g/mol.